The molecule has 0 amide bonds. The van der Waals surface area contributed by atoms with E-state index in [9.17, 15) is 4.79 Å². The highest BCUT2D eigenvalue weighted by Crippen LogP contribution is 2.29. The number of benzene rings is 1. The summed E-state index contributed by atoms with van der Waals surface area (Å²) in [6, 6.07) is 5.07. The topological polar surface area (TPSA) is 77.2 Å². The minimum Gasteiger partial charge on any atom is -0.462 e. The normalized spacial score (nSPS) is 10.4. The molecule has 1 aromatic carbocycles. The molecule has 5 nitrogen and oxygen atoms in total. The van der Waals surface area contributed by atoms with Crippen LogP contribution in [0.3, 0.4) is 0 Å². The molecule has 0 fully saturated rings. The summed E-state index contributed by atoms with van der Waals surface area (Å²) in [5.41, 5.74) is 8.75. The average Bonchev–Trinajstić information content (AvgIpc) is 2.81. The molecule has 0 unspecified atom stereocenters. The highest BCUT2D eigenvalue weighted by molar-refractivity contribution is 7.15. The minimum absolute atomic E-state index is 0.344. The molecule has 0 aliphatic rings. The number of hydrogen-bond donors (Lipinski definition) is 2. The van der Waals surface area contributed by atoms with E-state index in [-0.39, 0.29) is 5.97 Å². The van der Waals surface area contributed by atoms with Crippen molar-refractivity contribution in [1.29, 1.82) is 0 Å². The van der Waals surface area contributed by atoms with E-state index in [0.717, 1.165) is 22.9 Å². The first-order valence-electron chi connectivity index (χ1n) is 6.85. The number of aryl methyl sites for hydroxylation is 2. The summed E-state index contributed by atoms with van der Waals surface area (Å²) in [6.45, 7) is 6.24. The molecule has 0 radical (unpaired) electrons. The zero-order valence-electron chi connectivity index (χ0n) is 12.4. The van der Waals surface area contributed by atoms with E-state index in [0.29, 0.717) is 17.9 Å². The number of hydrogen-bond acceptors (Lipinski definition) is 6. The van der Waals surface area contributed by atoms with E-state index in [4.69, 9.17) is 10.5 Å². The fraction of sp³-hybridized carbons (Fsp3) is 0.333. The lowest BCUT2D eigenvalue weighted by Crippen LogP contribution is -2.06. The van der Waals surface area contributed by atoms with Gasteiger partial charge in [-0.25, -0.2) is 9.78 Å². The first kappa shape index (κ1) is 15.3. The summed E-state index contributed by atoms with van der Waals surface area (Å²) >= 11 is 1.59. The van der Waals surface area contributed by atoms with Crippen molar-refractivity contribution in [3.05, 3.63) is 34.3 Å². The van der Waals surface area contributed by atoms with E-state index in [1.54, 1.807) is 36.5 Å². The van der Waals surface area contributed by atoms with Crippen LogP contribution < -0.4 is 11.1 Å². The Morgan fingerprint density at radius 1 is 1.43 bits per heavy atom. The van der Waals surface area contributed by atoms with Gasteiger partial charge >= 0.3 is 5.97 Å². The molecule has 112 valence electrons. The number of carbonyl (C=O) groups is 1. The summed E-state index contributed by atoms with van der Waals surface area (Å²) in [5, 5.41) is 4.00. The number of ether oxygens (including phenoxy) is 1. The maximum atomic E-state index is 11.6. The van der Waals surface area contributed by atoms with Gasteiger partial charge in [0.1, 0.15) is 0 Å². The summed E-state index contributed by atoms with van der Waals surface area (Å²) < 4.78 is 4.95. The van der Waals surface area contributed by atoms with Crippen LogP contribution in [0.1, 0.15) is 34.8 Å². The molecule has 0 saturated carbocycles. The number of esters is 1. The third-order valence-electron chi connectivity index (χ3n) is 3.03. The maximum Gasteiger partial charge on any atom is 0.338 e. The second-order valence-electron chi connectivity index (χ2n) is 4.52. The number of aromatic nitrogens is 1. The Morgan fingerprint density at radius 2 is 2.19 bits per heavy atom. The van der Waals surface area contributed by atoms with E-state index < -0.39 is 0 Å². The van der Waals surface area contributed by atoms with Crippen molar-refractivity contribution in [3.8, 4) is 0 Å². The van der Waals surface area contributed by atoms with Gasteiger partial charge in [0.05, 0.1) is 29.2 Å². The standard InChI is InChI=1S/C15H19N3O2S/c1-4-12-9(3)21-15(17-12)18-13-7-6-10(8-11(13)16)14(19)20-5-2/h6-8H,4-5,16H2,1-3H3,(H,17,18). The van der Waals surface area contributed by atoms with Gasteiger partial charge in [0.15, 0.2) is 5.13 Å². The maximum absolute atomic E-state index is 11.6. The van der Waals surface area contributed by atoms with Gasteiger partial charge in [-0.3, -0.25) is 0 Å². The molecule has 21 heavy (non-hydrogen) atoms. The molecule has 1 heterocycles. The molecular formula is C15H19N3O2S. The molecule has 0 saturated heterocycles. The second-order valence-corrected chi connectivity index (χ2v) is 5.73. The van der Waals surface area contributed by atoms with Crippen LogP contribution in [0.2, 0.25) is 0 Å². The number of carbonyl (C=O) groups excluding carboxylic acids is 1. The Morgan fingerprint density at radius 3 is 2.76 bits per heavy atom. The third-order valence-corrected chi connectivity index (χ3v) is 3.96. The van der Waals surface area contributed by atoms with Crippen LogP contribution in [0, 0.1) is 6.92 Å². The minimum atomic E-state index is -0.367. The molecule has 0 aliphatic heterocycles. The summed E-state index contributed by atoms with van der Waals surface area (Å²) in [6.07, 6.45) is 0.904. The first-order valence-corrected chi connectivity index (χ1v) is 7.66. The molecule has 2 rings (SSSR count). The quantitative estimate of drug-likeness (QED) is 0.653. The van der Waals surface area contributed by atoms with E-state index in [1.165, 1.54) is 4.88 Å². The number of nitrogen functional groups attached to an aromatic ring is 1. The lowest BCUT2D eigenvalue weighted by Gasteiger charge is -2.08. The molecular weight excluding hydrogens is 286 g/mol. The fourth-order valence-corrected chi connectivity index (χ4v) is 2.86. The molecule has 1 aromatic heterocycles. The number of anilines is 3. The number of nitrogens with one attached hydrogen (secondary N) is 1. The predicted octanol–water partition coefficient (Wildman–Crippen LogP) is 3.52. The van der Waals surface area contributed by atoms with Gasteiger partial charge in [-0.15, -0.1) is 11.3 Å². The van der Waals surface area contributed by atoms with Crippen molar-refractivity contribution < 1.29 is 9.53 Å². The first-order chi connectivity index (χ1) is 10.0. The van der Waals surface area contributed by atoms with Gasteiger partial charge in [-0.2, -0.15) is 0 Å². The van der Waals surface area contributed by atoms with Crippen LogP contribution in [-0.2, 0) is 11.2 Å². The van der Waals surface area contributed by atoms with Crippen molar-refractivity contribution >= 4 is 33.8 Å². The van der Waals surface area contributed by atoms with Crippen molar-refractivity contribution in [3.63, 3.8) is 0 Å². The van der Waals surface area contributed by atoms with Crippen LogP contribution in [0.5, 0.6) is 0 Å². The van der Waals surface area contributed by atoms with Crippen LogP contribution >= 0.6 is 11.3 Å². The number of nitrogens with zero attached hydrogens (tertiary/aromatic N) is 1. The van der Waals surface area contributed by atoms with Crippen LogP contribution in [-0.4, -0.2) is 17.6 Å². The Bertz CT molecular complexity index is 652. The van der Waals surface area contributed by atoms with E-state index >= 15 is 0 Å². The molecule has 6 heteroatoms. The summed E-state index contributed by atoms with van der Waals surface area (Å²) in [5.74, 6) is -0.367. The van der Waals surface area contributed by atoms with Crippen molar-refractivity contribution in [2.45, 2.75) is 27.2 Å². The number of rotatable bonds is 5. The van der Waals surface area contributed by atoms with E-state index in [1.807, 2.05) is 0 Å². The van der Waals surface area contributed by atoms with Crippen LogP contribution in [0.4, 0.5) is 16.5 Å². The Hall–Kier alpha value is -2.08. The molecule has 0 aliphatic carbocycles. The Labute approximate surface area is 128 Å². The molecule has 0 bridgehead atoms. The van der Waals surface area contributed by atoms with Crippen molar-refractivity contribution in [2.75, 3.05) is 17.7 Å². The Balaban J connectivity index is 2.19. The van der Waals surface area contributed by atoms with Crippen molar-refractivity contribution in [1.82, 2.24) is 4.98 Å². The molecule has 3 N–H and O–H groups in total. The second kappa shape index (κ2) is 6.58. The summed E-state index contributed by atoms with van der Waals surface area (Å²) in [4.78, 5) is 17.4. The summed E-state index contributed by atoms with van der Waals surface area (Å²) in [7, 11) is 0. The lowest BCUT2D eigenvalue weighted by molar-refractivity contribution is 0.0526. The van der Waals surface area contributed by atoms with Crippen molar-refractivity contribution in [2.24, 2.45) is 0 Å². The average molecular weight is 305 g/mol. The SMILES string of the molecule is CCOC(=O)c1ccc(Nc2nc(CC)c(C)s2)c(N)c1. The fourth-order valence-electron chi connectivity index (χ4n) is 1.94. The van der Waals surface area contributed by atoms with Gasteiger partial charge in [0.2, 0.25) is 0 Å². The smallest absolute Gasteiger partial charge is 0.338 e. The highest BCUT2D eigenvalue weighted by Gasteiger charge is 2.11. The van der Waals surface area contributed by atoms with Crippen LogP contribution in [0.15, 0.2) is 18.2 Å². The monoisotopic (exact) mass is 305 g/mol. The van der Waals surface area contributed by atoms with Gasteiger partial charge in [-0.1, -0.05) is 6.92 Å². The van der Waals surface area contributed by atoms with Gasteiger partial charge in [-0.05, 0) is 38.5 Å². The van der Waals surface area contributed by atoms with Gasteiger partial charge in [0.25, 0.3) is 0 Å². The largest absolute Gasteiger partial charge is 0.462 e. The molecule has 0 spiro atoms. The molecule has 2 aromatic rings. The van der Waals surface area contributed by atoms with Crippen LogP contribution in [0.25, 0.3) is 0 Å². The lowest BCUT2D eigenvalue weighted by atomic mass is 10.2. The zero-order chi connectivity index (χ0) is 15.4. The third kappa shape index (κ3) is 3.52. The van der Waals surface area contributed by atoms with E-state index in [2.05, 4.69) is 24.1 Å². The highest BCUT2D eigenvalue weighted by atomic mass is 32.1. The number of nitrogens with two attached hydrogens (primary N) is 1. The predicted molar refractivity (Wildman–Crippen MR) is 86.3 cm³/mol. The Kier molecular flexibility index (Phi) is 4.80. The van der Waals surface area contributed by atoms with Gasteiger partial charge < -0.3 is 15.8 Å². The molecule has 0 atom stereocenters. The zero-order valence-corrected chi connectivity index (χ0v) is 13.2. The number of thiazole rings is 1. The van der Waals surface area contributed by atoms with Gasteiger partial charge in [0, 0.05) is 4.88 Å².